The number of hydrogen-bond donors (Lipinski definition) is 1. The molecular formula is C13H19N3O2. The highest BCUT2D eigenvalue weighted by molar-refractivity contribution is 5.94. The number of carbonyl (C=O) groups excluding carboxylic acids is 2. The molecule has 0 saturated carbocycles. The summed E-state index contributed by atoms with van der Waals surface area (Å²) in [6.07, 6.45) is 0.751. The van der Waals surface area contributed by atoms with Crippen molar-refractivity contribution < 1.29 is 9.59 Å². The van der Waals surface area contributed by atoms with E-state index in [2.05, 4.69) is 16.8 Å². The average molecular weight is 249 g/mol. The van der Waals surface area contributed by atoms with Crippen LogP contribution in [0, 0.1) is 6.92 Å². The lowest BCUT2D eigenvalue weighted by molar-refractivity contribution is 0.0638. The van der Waals surface area contributed by atoms with Crippen molar-refractivity contribution >= 4 is 12.2 Å². The van der Waals surface area contributed by atoms with E-state index in [1.54, 1.807) is 6.07 Å². The van der Waals surface area contributed by atoms with E-state index in [9.17, 15) is 9.59 Å². The van der Waals surface area contributed by atoms with Gasteiger partial charge in [-0.25, -0.2) is 0 Å². The number of H-pyrrole nitrogens is 1. The van der Waals surface area contributed by atoms with Crippen LogP contribution >= 0.6 is 0 Å². The fraction of sp³-hybridized carbons (Fsp3) is 0.538. The molecule has 1 aromatic rings. The number of piperazine rings is 1. The van der Waals surface area contributed by atoms with Crippen LogP contribution in [0.25, 0.3) is 0 Å². The number of carbonyl (C=O) groups is 2. The number of aromatic nitrogens is 1. The van der Waals surface area contributed by atoms with Crippen LogP contribution in [0.2, 0.25) is 0 Å². The molecule has 2 heterocycles. The first kappa shape index (κ1) is 12.8. The number of nitrogens with one attached hydrogen (secondary N) is 1. The number of hydrogen-bond acceptors (Lipinski definition) is 3. The summed E-state index contributed by atoms with van der Waals surface area (Å²) in [6.45, 7) is 8.32. The van der Waals surface area contributed by atoms with Gasteiger partial charge < -0.3 is 14.8 Å². The van der Waals surface area contributed by atoms with Crippen LogP contribution in [-0.2, 0) is 0 Å². The molecule has 2 rings (SSSR count). The predicted octanol–water partition coefficient (Wildman–Crippen LogP) is 0.913. The van der Waals surface area contributed by atoms with Crippen LogP contribution in [0.3, 0.4) is 0 Å². The molecule has 0 atom stereocenters. The van der Waals surface area contributed by atoms with Crippen LogP contribution in [0.4, 0.5) is 0 Å². The summed E-state index contributed by atoms with van der Waals surface area (Å²) in [4.78, 5) is 30.0. The molecule has 1 aliphatic rings. The zero-order valence-corrected chi connectivity index (χ0v) is 10.9. The van der Waals surface area contributed by atoms with Crippen LogP contribution in [-0.4, -0.2) is 59.7 Å². The van der Waals surface area contributed by atoms with Crippen molar-refractivity contribution in [2.75, 3.05) is 32.7 Å². The third-order valence-corrected chi connectivity index (χ3v) is 3.51. The molecule has 0 unspecified atom stereocenters. The first-order valence-corrected chi connectivity index (χ1v) is 6.32. The number of likely N-dealkylation sites (N-methyl/N-ethyl adjacent to an activating group) is 1. The number of amides is 1. The summed E-state index contributed by atoms with van der Waals surface area (Å²) in [6, 6.07) is 1.75. The predicted molar refractivity (Wildman–Crippen MR) is 68.9 cm³/mol. The maximum atomic E-state index is 12.2. The molecule has 0 radical (unpaired) electrons. The second-order valence-electron chi connectivity index (χ2n) is 4.62. The van der Waals surface area contributed by atoms with Crippen molar-refractivity contribution in [2.45, 2.75) is 13.8 Å². The highest BCUT2D eigenvalue weighted by Crippen LogP contribution is 2.12. The zero-order chi connectivity index (χ0) is 13.1. The smallest absolute Gasteiger partial charge is 0.270 e. The molecule has 5 heteroatoms. The molecule has 0 spiro atoms. The summed E-state index contributed by atoms with van der Waals surface area (Å²) in [5.74, 6) is -0.0121. The van der Waals surface area contributed by atoms with Gasteiger partial charge in [0.1, 0.15) is 5.69 Å². The van der Waals surface area contributed by atoms with Crippen LogP contribution < -0.4 is 0 Å². The highest BCUT2D eigenvalue weighted by Gasteiger charge is 2.22. The van der Waals surface area contributed by atoms with E-state index in [0.717, 1.165) is 44.6 Å². The van der Waals surface area contributed by atoms with E-state index in [1.165, 1.54) is 0 Å². The Morgan fingerprint density at radius 3 is 2.56 bits per heavy atom. The van der Waals surface area contributed by atoms with E-state index in [0.29, 0.717) is 11.4 Å². The van der Waals surface area contributed by atoms with Gasteiger partial charge in [-0.3, -0.25) is 9.59 Å². The zero-order valence-electron chi connectivity index (χ0n) is 10.9. The quantitative estimate of drug-likeness (QED) is 0.810. The van der Waals surface area contributed by atoms with E-state index in [1.807, 2.05) is 11.8 Å². The van der Waals surface area contributed by atoms with Crippen molar-refractivity contribution in [1.82, 2.24) is 14.8 Å². The van der Waals surface area contributed by atoms with Gasteiger partial charge in [-0.15, -0.1) is 0 Å². The lowest BCUT2D eigenvalue weighted by Gasteiger charge is -2.33. The number of aryl methyl sites for hydroxylation is 1. The highest BCUT2D eigenvalue weighted by atomic mass is 16.2. The van der Waals surface area contributed by atoms with Crippen molar-refractivity contribution in [1.29, 1.82) is 0 Å². The van der Waals surface area contributed by atoms with Gasteiger partial charge in [0, 0.05) is 26.2 Å². The maximum absolute atomic E-state index is 12.2. The molecule has 1 fully saturated rings. The topological polar surface area (TPSA) is 56.4 Å². The molecule has 1 aliphatic heterocycles. The summed E-state index contributed by atoms with van der Waals surface area (Å²) in [7, 11) is 0. The monoisotopic (exact) mass is 249 g/mol. The van der Waals surface area contributed by atoms with E-state index < -0.39 is 0 Å². The van der Waals surface area contributed by atoms with Crippen molar-refractivity contribution in [3.8, 4) is 0 Å². The van der Waals surface area contributed by atoms with Gasteiger partial charge >= 0.3 is 0 Å². The molecule has 1 aromatic heterocycles. The molecule has 1 amide bonds. The summed E-state index contributed by atoms with van der Waals surface area (Å²) < 4.78 is 0. The molecule has 0 bridgehead atoms. The molecule has 0 aromatic carbocycles. The normalized spacial score (nSPS) is 16.9. The summed E-state index contributed by atoms with van der Waals surface area (Å²) >= 11 is 0. The lowest BCUT2D eigenvalue weighted by Crippen LogP contribution is -2.48. The Morgan fingerprint density at radius 1 is 1.39 bits per heavy atom. The average Bonchev–Trinajstić information content (AvgIpc) is 2.79. The van der Waals surface area contributed by atoms with Crippen molar-refractivity contribution in [3.05, 3.63) is 23.0 Å². The Kier molecular flexibility index (Phi) is 3.81. The fourth-order valence-electron chi connectivity index (χ4n) is 2.25. The van der Waals surface area contributed by atoms with Gasteiger partial charge in [-0.05, 0) is 25.1 Å². The van der Waals surface area contributed by atoms with Crippen LogP contribution in [0.1, 0.15) is 33.5 Å². The van der Waals surface area contributed by atoms with Gasteiger partial charge in [0.2, 0.25) is 0 Å². The van der Waals surface area contributed by atoms with Gasteiger partial charge in [0.05, 0.1) is 5.69 Å². The van der Waals surface area contributed by atoms with Crippen molar-refractivity contribution in [3.63, 3.8) is 0 Å². The number of aromatic amines is 1. The van der Waals surface area contributed by atoms with Gasteiger partial charge in [-0.1, -0.05) is 6.92 Å². The minimum Gasteiger partial charge on any atom is -0.348 e. The summed E-state index contributed by atoms with van der Waals surface area (Å²) in [5.41, 5.74) is 1.82. The minimum absolute atomic E-state index is 0.0121. The second-order valence-corrected chi connectivity index (χ2v) is 4.62. The third-order valence-electron chi connectivity index (χ3n) is 3.51. The number of rotatable bonds is 3. The third kappa shape index (κ3) is 2.46. The lowest BCUT2D eigenvalue weighted by atomic mass is 10.2. The van der Waals surface area contributed by atoms with Crippen LogP contribution in [0.5, 0.6) is 0 Å². The Labute approximate surface area is 107 Å². The van der Waals surface area contributed by atoms with Crippen LogP contribution in [0.15, 0.2) is 6.07 Å². The Morgan fingerprint density at radius 2 is 2.06 bits per heavy atom. The molecule has 0 aliphatic carbocycles. The largest absolute Gasteiger partial charge is 0.348 e. The maximum Gasteiger partial charge on any atom is 0.270 e. The first-order valence-electron chi connectivity index (χ1n) is 6.32. The standard InChI is InChI=1S/C13H19N3O2/c1-3-15-4-6-16(7-5-15)13(18)11-8-10(2)12(9-17)14-11/h8-9,14H,3-7H2,1-2H3. The molecule has 1 saturated heterocycles. The molecule has 98 valence electrons. The number of nitrogens with zero attached hydrogens (tertiary/aromatic N) is 2. The molecule has 1 N–H and O–H groups in total. The molecule has 18 heavy (non-hydrogen) atoms. The minimum atomic E-state index is -0.0121. The van der Waals surface area contributed by atoms with Gasteiger partial charge in [0.25, 0.3) is 5.91 Å². The Balaban J connectivity index is 2.05. The second kappa shape index (κ2) is 5.35. The van der Waals surface area contributed by atoms with Gasteiger partial charge in [-0.2, -0.15) is 0 Å². The SMILES string of the molecule is CCN1CCN(C(=O)c2cc(C)c(C=O)[nH]2)CC1. The van der Waals surface area contributed by atoms with E-state index in [-0.39, 0.29) is 5.91 Å². The fourth-order valence-corrected chi connectivity index (χ4v) is 2.25. The Hall–Kier alpha value is -1.62. The summed E-state index contributed by atoms with van der Waals surface area (Å²) in [5, 5.41) is 0. The molecular weight excluding hydrogens is 230 g/mol. The van der Waals surface area contributed by atoms with Crippen molar-refractivity contribution in [2.24, 2.45) is 0 Å². The number of aldehydes is 1. The molecule has 5 nitrogen and oxygen atoms in total. The van der Waals surface area contributed by atoms with Gasteiger partial charge in [0.15, 0.2) is 6.29 Å². The Bertz CT molecular complexity index is 445. The van der Waals surface area contributed by atoms with E-state index >= 15 is 0 Å². The van der Waals surface area contributed by atoms with E-state index in [4.69, 9.17) is 0 Å². The first-order chi connectivity index (χ1) is 8.65.